The molecule has 4 aromatic rings. The van der Waals surface area contributed by atoms with Crippen molar-refractivity contribution >= 4 is 68.0 Å². The van der Waals surface area contributed by atoms with Crippen molar-refractivity contribution in [1.29, 1.82) is 0 Å². The van der Waals surface area contributed by atoms with E-state index >= 15 is 0 Å². The van der Waals surface area contributed by atoms with E-state index in [2.05, 4.69) is 52.9 Å². The fraction of sp³-hybridized carbons (Fsp3) is 0.211. The van der Waals surface area contributed by atoms with Gasteiger partial charge in [-0.05, 0) is 97.8 Å². The van der Waals surface area contributed by atoms with Crippen LogP contribution >= 0.6 is 31.9 Å². The minimum absolute atomic E-state index is 0.254. The quantitative estimate of drug-likeness (QED) is 0.0363. The molecular weight excluding hydrogens is 800 g/mol. The monoisotopic (exact) mass is 834 g/mol. The molecule has 0 aliphatic heterocycles. The van der Waals surface area contributed by atoms with Crippen LogP contribution in [0.4, 0.5) is 0 Å². The summed E-state index contributed by atoms with van der Waals surface area (Å²) in [5, 5.41) is 8.06. The molecule has 0 heterocycles. The molecule has 2 N–H and O–H groups in total. The Balaban J connectivity index is 1.14. The van der Waals surface area contributed by atoms with Gasteiger partial charge in [0.1, 0.15) is 23.0 Å². The van der Waals surface area contributed by atoms with E-state index in [9.17, 15) is 19.2 Å². The highest BCUT2D eigenvalue weighted by Gasteiger charge is 2.14. The Hall–Kier alpha value is -5.34. The van der Waals surface area contributed by atoms with Crippen LogP contribution in [0.25, 0.3) is 0 Å². The van der Waals surface area contributed by atoms with Crippen LogP contribution in [0.3, 0.4) is 0 Å². The second-order valence-electron chi connectivity index (χ2n) is 11.1. The van der Waals surface area contributed by atoms with Crippen LogP contribution in [0.1, 0.15) is 70.4 Å². The molecule has 0 fully saturated rings. The Morgan fingerprint density at radius 2 is 0.962 bits per heavy atom. The highest BCUT2D eigenvalue weighted by atomic mass is 79.9. The number of carbonyl (C=O) groups excluding carboxylic acids is 4. The van der Waals surface area contributed by atoms with Crippen molar-refractivity contribution in [3.8, 4) is 23.0 Å². The smallest absolute Gasteiger partial charge is 0.343 e. The number of halogens is 2. The lowest BCUT2D eigenvalue weighted by Crippen LogP contribution is -2.17. The number of ether oxygens (including phenoxy) is 4. The van der Waals surface area contributed by atoms with Crippen molar-refractivity contribution in [1.82, 2.24) is 10.9 Å². The average molecular weight is 837 g/mol. The molecule has 0 aromatic heterocycles. The summed E-state index contributed by atoms with van der Waals surface area (Å²) >= 11 is 6.79. The predicted molar refractivity (Wildman–Crippen MR) is 203 cm³/mol. The number of hydrogen-bond acceptors (Lipinski definition) is 10. The largest absolute Gasteiger partial charge is 0.497 e. The Labute approximate surface area is 317 Å². The number of esters is 2. The molecule has 52 heavy (non-hydrogen) atoms. The molecular formula is C38H36Br2N4O8. The molecule has 0 atom stereocenters. The van der Waals surface area contributed by atoms with Crippen LogP contribution in [0, 0.1) is 0 Å². The Morgan fingerprint density at radius 1 is 0.577 bits per heavy atom. The van der Waals surface area contributed by atoms with Gasteiger partial charge in [-0.3, -0.25) is 9.59 Å². The summed E-state index contributed by atoms with van der Waals surface area (Å²) in [6, 6.07) is 23.2. The fourth-order valence-electron chi connectivity index (χ4n) is 4.58. The lowest BCUT2D eigenvalue weighted by molar-refractivity contribution is -0.122. The number of unbranched alkanes of at least 4 members (excludes halogenated alkanes) is 3. The van der Waals surface area contributed by atoms with E-state index in [-0.39, 0.29) is 36.2 Å². The maximum absolute atomic E-state index is 12.6. The zero-order chi connectivity index (χ0) is 37.3. The third-order valence-corrected chi connectivity index (χ3v) is 8.33. The third kappa shape index (κ3) is 12.8. The minimum atomic E-state index is -0.547. The average Bonchev–Trinajstić information content (AvgIpc) is 3.15. The molecule has 0 aliphatic carbocycles. The molecule has 14 heteroatoms. The van der Waals surface area contributed by atoms with Gasteiger partial charge in [0, 0.05) is 32.9 Å². The zero-order valence-electron chi connectivity index (χ0n) is 28.4. The van der Waals surface area contributed by atoms with Crippen LogP contribution in [-0.4, -0.2) is 50.4 Å². The topological polar surface area (TPSA) is 154 Å². The van der Waals surface area contributed by atoms with Crippen molar-refractivity contribution in [2.24, 2.45) is 10.2 Å². The fourth-order valence-corrected chi connectivity index (χ4v) is 5.34. The van der Waals surface area contributed by atoms with Crippen LogP contribution in [0.2, 0.25) is 0 Å². The van der Waals surface area contributed by atoms with Gasteiger partial charge in [-0.15, -0.1) is 0 Å². The van der Waals surface area contributed by atoms with Crippen LogP contribution in [0.5, 0.6) is 23.0 Å². The zero-order valence-corrected chi connectivity index (χ0v) is 31.6. The Morgan fingerprint density at radius 3 is 1.33 bits per heavy atom. The summed E-state index contributed by atoms with van der Waals surface area (Å²) in [6.45, 7) is 0. The second kappa shape index (κ2) is 20.5. The van der Waals surface area contributed by atoms with E-state index in [1.54, 1.807) is 99.1 Å². The molecule has 4 rings (SSSR count). The number of rotatable bonds is 17. The first-order valence-corrected chi connectivity index (χ1v) is 17.7. The molecule has 270 valence electrons. The number of carbonyl (C=O) groups is 4. The molecule has 0 saturated carbocycles. The first kappa shape index (κ1) is 39.4. The summed E-state index contributed by atoms with van der Waals surface area (Å²) in [4.78, 5) is 49.9. The minimum Gasteiger partial charge on any atom is -0.497 e. The normalized spacial score (nSPS) is 10.9. The van der Waals surface area contributed by atoms with Gasteiger partial charge < -0.3 is 18.9 Å². The number of hydrazone groups is 2. The number of nitrogens with one attached hydrogen (secondary N) is 2. The predicted octanol–water partition coefficient (Wildman–Crippen LogP) is 7.61. The number of methoxy groups -OCH3 is 2. The van der Waals surface area contributed by atoms with Crippen molar-refractivity contribution in [3.63, 3.8) is 0 Å². The maximum Gasteiger partial charge on any atom is 0.343 e. The number of nitrogens with zero attached hydrogens (tertiary/aromatic N) is 2. The van der Waals surface area contributed by atoms with Crippen LogP contribution < -0.4 is 29.8 Å². The van der Waals surface area contributed by atoms with Gasteiger partial charge in [0.15, 0.2) is 0 Å². The lowest BCUT2D eigenvalue weighted by atomic mass is 10.1. The van der Waals surface area contributed by atoms with Gasteiger partial charge in [-0.2, -0.15) is 10.2 Å². The summed E-state index contributed by atoms with van der Waals surface area (Å²) in [6.07, 6.45) is 6.04. The molecule has 0 spiro atoms. The summed E-state index contributed by atoms with van der Waals surface area (Å²) in [7, 11) is 3.08. The van der Waals surface area contributed by atoms with E-state index in [4.69, 9.17) is 18.9 Å². The molecule has 4 aromatic carbocycles. The number of amides is 2. The van der Waals surface area contributed by atoms with Crippen molar-refractivity contribution in [2.45, 2.75) is 38.5 Å². The second-order valence-corrected chi connectivity index (χ2v) is 12.9. The van der Waals surface area contributed by atoms with Gasteiger partial charge in [0.25, 0.3) is 0 Å². The maximum atomic E-state index is 12.6. The lowest BCUT2D eigenvalue weighted by Gasteiger charge is -2.09. The Kier molecular flexibility index (Phi) is 15.5. The first-order chi connectivity index (χ1) is 25.1. The van der Waals surface area contributed by atoms with E-state index in [1.807, 2.05) is 0 Å². The molecule has 12 nitrogen and oxygen atoms in total. The van der Waals surface area contributed by atoms with Gasteiger partial charge in [0.05, 0.1) is 37.8 Å². The molecule has 0 saturated heterocycles. The molecule has 0 radical (unpaired) electrons. The third-order valence-electron chi connectivity index (χ3n) is 7.34. The standard InChI is InChI=1S/C38H36Br2N4O8/c1-49-31-15-9-25(10-16-31)37(47)51-33-19-13-29(39)21-27(33)23-41-43-35(45)7-5-3-4-6-8-36(46)44-42-24-28-22-30(40)14-20-34(28)52-38(48)26-11-17-32(50-2)18-12-26/h9-24H,3-8H2,1-2H3,(H,43,45)(H,44,46)/b41-23-,42-24-. The summed E-state index contributed by atoms with van der Waals surface area (Å²) in [5.41, 5.74) is 6.68. The highest BCUT2D eigenvalue weighted by molar-refractivity contribution is 9.10. The van der Waals surface area contributed by atoms with Gasteiger partial charge in [-0.25, -0.2) is 20.4 Å². The SMILES string of the molecule is COc1ccc(C(=O)Oc2ccc(Br)cc2/C=N\NC(=O)CCCCCCC(=O)N/N=C\c2cc(Br)ccc2OC(=O)c2ccc(OC)cc2)cc1. The van der Waals surface area contributed by atoms with Crippen molar-refractivity contribution < 1.29 is 38.1 Å². The van der Waals surface area contributed by atoms with Gasteiger partial charge >= 0.3 is 11.9 Å². The van der Waals surface area contributed by atoms with Crippen molar-refractivity contribution in [3.05, 3.63) is 116 Å². The number of benzene rings is 4. The Bertz CT molecular complexity index is 1780. The molecule has 0 bridgehead atoms. The van der Waals surface area contributed by atoms with E-state index in [0.29, 0.717) is 46.6 Å². The van der Waals surface area contributed by atoms with Crippen LogP contribution in [0.15, 0.2) is 104 Å². The van der Waals surface area contributed by atoms with Gasteiger partial charge in [0.2, 0.25) is 11.8 Å². The highest BCUT2D eigenvalue weighted by Crippen LogP contribution is 2.25. The number of hydrogen-bond donors (Lipinski definition) is 2. The molecule has 2 amide bonds. The van der Waals surface area contributed by atoms with Crippen LogP contribution in [-0.2, 0) is 9.59 Å². The summed E-state index contributed by atoms with van der Waals surface area (Å²) in [5.74, 6) is 0.172. The van der Waals surface area contributed by atoms with Gasteiger partial charge in [-0.1, -0.05) is 44.7 Å². The summed E-state index contributed by atoms with van der Waals surface area (Å²) < 4.78 is 22.8. The van der Waals surface area contributed by atoms with E-state index < -0.39 is 11.9 Å². The van der Waals surface area contributed by atoms with Crippen molar-refractivity contribution in [2.75, 3.05) is 14.2 Å². The van der Waals surface area contributed by atoms with E-state index in [1.165, 1.54) is 12.4 Å². The van der Waals surface area contributed by atoms with E-state index in [0.717, 1.165) is 21.8 Å². The first-order valence-electron chi connectivity index (χ1n) is 16.1. The molecule has 0 aliphatic rings. The molecule has 0 unspecified atom stereocenters.